The summed E-state index contributed by atoms with van der Waals surface area (Å²) < 4.78 is 10.3. The molecule has 1 aromatic carbocycles. The number of nitrogens with zero attached hydrogens (tertiary/aromatic N) is 2. The van der Waals surface area contributed by atoms with E-state index in [1.54, 1.807) is 31.0 Å². The van der Waals surface area contributed by atoms with Crippen molar-refractivity contribution in [3.63, 3.8) is 0 Å². The van der Waals surface area contributed by atoms with E-state index in [-0.39, 0.29) is 30.9 Å². The molecule has 0 radical (unpaired) electrons. The van der Waals surface area contributed by atoms with Gasteiger partial charge in [-0.1, -0.05) is 18.2 Å². The summed E-state index contributed by atoms with van der Waals surface area (Å²) in [6.45, 7) is 3.00. The maximum absolute atomic E-state index is 12.4. The van der Waals surface area contributed by atoms with Gasteiger partial charge in [0.2, 0.25) is 5.91 Å². The van der Waals surface area contributed by atoms with E-state index in [0.29, 0.717) is 38.3 Å². The minimum Gasteiger partial charge on any atom is -0.484 e. The predicted molar refractivity (Wildman–Crippen MR) is 95.5 cm³/mol. The van der Waals surface area contributed by atoms with E-state index in [1.165, 1.54) is 4.90 Å². The van der Waals surface area contributed by atoms with Crippen LogP contribution in [0.4, 0.5) is 0 Å². The Morgan fingerprint density at radius 2 is 1.81 bits per heavy atom. The molecule has 142 valence electrons. The third-order valence-electron chi connectivity index (χ3n) is 4.35. The van der Waals surface area contributed by atoms with Crippen LogP contribution in [0.5, 0.6) is 5.75 Å². The molecule has 2 amide bonds. The van der Waals surface area contributed by atoms with Crippen LogP contribution in [0.15, 0.2) is 30.3 Å². The Kier molecular flexibility index (Phi) is 7.44. The Labute approximate surface area is 153 Å². The van der Waals surface area contributed by atoms with Crippen molar-refractivity contribution in [3.8, 4) is 5.75 Å². The fourth-order valence-electron chi connectivity index (χ4n) is 2.92. The highest BCUT2D eigenvalue weighted by molar-refractivity contribution is 5.84. The van der Waals surface area contributed by atoms with Crippen molar-refractivity contribution in [2.75, 3.05) is 39.9 Å². The summed E-state index contributed by atoms with van der Waals surface area (Å²) in [6.07, 6.45) is 1.17. The van der Waals surface area contributed by atoms with Gasteiger partial charge in [0.15, 0.2) is 6.61 Å². The molecule has 2 rings (SSSR count). The van der Waals surface area contributed by atoms with Gasteiger partial charge in [-0.3, -0.25) is 14.4 Å². The van der Waals surface area contributed by atoms with Crippen molar-refractivity contribution in [1.29, 1.82) is 0 Å². The van der Waals surface area contributed by atoms with Gasteiger partial charge < -0.3 is 19.3 Å². The summed E-state index contributed by atoms with van der Waals surface area (Å²) in [6, 6.07) is 9.19. The minimum absolute atomic E-state index is 0.00854. The van der Waals surface area contributed by atoms with Gasteiger partial charge in [0.25, 0.3) is 5.91 Å². The molecule has 7 heteroatoms. The number of piperidine rings is 1. The van der Waals surface area contributed by atoms with E-state index >= 15 is 0 Å². The Morgan fingerprint density at radius 1 is 1.15 bits per heavy atom. The number of ether oxygens (including phenoxy) is 2. The Morgan fingerprint density at radius 3 is 2.42 bits per heavy atom. The van der Waals surface area contributed by atoms with Crippen LogP contribution in [-0.2, 0) is 19.1 Å². The second-order valence-electron chi connectivity index (χ2n) is 6.26. The maximum atomic E-state index is 12.4. The molecular formula is C19H26N2O5. The van der Waals surface area contributed by atoms with Crippen molar-refractivity contribution in [1.82, 2.24) is 9.80 Å². The summed E-state index contributed by atoms with van der Waals surface area (Å²) in [5.41, 5.74) is 0. The zero-order valence-electron chi connectivity index (χ0n) is 15.3. The highest BCUT2D eigenvalue weighted by Gasteiger charge is 2.29. The van der Waals surface area contributed by atoms with Crippen LogP contribution >= 0.6 is 0 Å². The first-order valence-electron chi connectivity index (χ1n) is 8.87. The number of rotatable bonds is 7. The van der Waals surface area contributed by atoms with Gasteiger partial charge in [0, 0.05) is 26.1 Å². The molecule has 0 atom stereocenters. The third-order valence-corrected chi connectivity index (χ3v) is 4.35. The third kappa shape index (κ3) is 5.75. The van der Waals surface area contributed by atoms with Crippen LogP contribution in [0.3, 0.4) is 0 Å². The normalized spacial score (nSPS) is 14.6. The van der Waals surface area contributed by atoms with Crippen LogP contribution in [-0.4, -0.2) is 67.5 Å². The van der Waals surface area contributed by atoms with Crippen molar-refractivity contribution >= 4 is 17.8 Å². The standard InChI is InChI=1S/C19H26N2O5/c1-3-25-18(23)13-20(2)19(24)15-9-11-21(12-10-15)17(22)14-26-16-7-5-4-6-8-16/h4-8,15H,3,9-14H2,1-2H3. The molecule has 1 heterocycles. The lowest BCUT2D eigenvalue weighted by Gasteiger charge is -2.33. The molecule has 0 N–H and O–H groups in total. The molecular weight excluding hydrogens is 336 g/mol. The summed E-state index contributed by atoms with van der Waals surface area (Å²) in [5.74, 6) is -0.0839. The van der Waals surface area contributed by atoms with Gasteiger partial charge in [-0.2, -0.15) is 0 Å². The summed E-state index contributed by atoms with van der Waals surface area (Å²) in [4.78, 5) is 39.3. The van der Waals surface area contributed by atoms with E-state index in [2.05, 4.69) is 0 Å². The van der Waals surface area contributed by atoms with Gasteiger partial charge in [0.05, 0.1) is 6.61 Å². The van der Waals surface area contributed by atoms with Crippen molar-refractivity contribution in [3.05, 3.63) is 30.3 Å². The number of para-hydroxylation sites is 1. The van der Waals surface area contributed by atoms with Gasteiger partial charge in [-0.25, -0.2) is 0 Å². The molecule has 1 saturated heterocycles. The molecule has 1 aliphatic heterocycles. The minimum atomic E-state index is -0.408. The molecule has 26 heavy (non-hydrogen) atoms. The molecule has 1 fully saturated rings. The van der Waals surface area contributed by atoms with Gasteiger partial charge in [0.1, 0.15) is 12.3 Å². The number of benzene rings is 1. The summed E-state index contributed by atoms with van der Waals surface area (Å²) in [7, 11) is 1.60. The lowest BCUT2D eigenvalue weighted by atomic mass is 9.95. The number of likely N-dealkylation sites (tertiary alicyclic amines) is 1. The number of hydrogen-bond donors (Lipinski definition) is 0. The van der Waals surface area contributed by atoms with Crippen LogP contribution in [0.25, 0.3) is 0 Å². The highest BCUT2D eigenvalue weighted by atomic mass is 16.5. The molecule has 1 aliphatic rings. The fourth-order valence-corrected chi connectivity index (χ4v) is 2.92. The monoisotopic (exact) mass is 362 g/mol. The first-order chi connectivity index (χ1) is 12.5. The van der Waals surface area contributed by atoms with E-state index in [9.17, 15) is 14.4 Å². The first kappa shape index (κ1) is 19.8. The number of carbonyl (C=O) groups is 3. The molecule has 0 bridgehead atoms. The van der Waals surface area contributed by atoms with Gasteiger partial charge >= 0.3 is 5.97 Å². The maximum Gasteiger partial charge on any atom is 0.325 e. The predicted octanol–water partition coefficient (Wildman–Crippen LogP) is 1.33. The van der Waals surface area contributed by atoms with Crippen LogP contribution < -0.4 is 4.74 Å². The smallest absolute Gasteiger partial charge is 0.325 e. The first-order valence-corrected chi connectivity index (χ1v) is 8.87. The molecule has 0 unspecified atom stereocenters. The van der Waals surface area contributed by atoms with Crippen LogP contribution in [0.1, 0.15) is 19.8 Å². The second kappa shape index (κ2) is 9.79. The Hall–Kier alpha value is -2.57. The summed E-state index contributed by atoms with van der Waals surface area (Å²) >= 11 is 0. The highest BCUT2D eigenvalue weighted by Crippen LogP contribution is 2.20. The zero-order valence-corrected chi connectivity index (χ0v) is 15.3. The lowest BCUT2D eigenvalue weighted by molar-refractivity contribution is -0.150. The summed E-state index contributed by atoms with van der Waals surface area (Å²) in [5, 5.41) is 0. The number of hydrogen-bond acceptors (Lipinski definition) is 5. The number of amides is 2. The lowest BCUT2D eigenvalue weighted by Crippen LogP contribution is -2.45. The number of esters is 1. The van der Waals surface area contributed by atoms with Crippen LogP contribution in [0.2, 0.25) is 0 Å². The van der Waals surface area contributed by atoms with Crippen LogP contribution in [0, 0.1) is 5.92 Å². The molecule has 0 aromatic heterocycles. The fraction of sp³-hybridized carbons (Fsp3) is 0.526. The molecule has 7 nitrogen and oxygen atoms in total. The number of carbonyl (C=O) groups excluding carboxylic acids is 3. The average molecular weight is 362 g/mol. The van der Waals surface area contributed by atoms with Crippen molar-refractivity contribution in [2.24, 2.45) is 5.92 Å². The molecule has 0 saturated carbocycles. The Bertz CT molecular complexity index is 612. The van der Waals surface area contributed by atoms with E-state index in [0.717, 1.165) is 0 Å². The quantitative estimate of drug-likeness (QED) is 0.684. The van der Waals surface area contributed by atoms with Gasteiger partial charge in [-0.05, 0) is 31.9 Å². The number of likely N-dealkylation sites (N-methyl/N-ethyl adjacent to an activating group) is 1. The molecule has 0 spiro atoms. The van der Waals surface area contributed by atoms with E-state index < -0.39 is 5.97 Å². The van der Waals surface area contributed by atoms with Gasteiger partial charge in [-0.15, -0.1) is 0 Å². The SMILES string of the molecule is CCOC(=O)CN(C)C(=O)C1CCN(C(=O)COc2ccccc2)CC1. The second-order valence-corrected chi connectivity index (χ2v) is 6.26. The van der Waals surface area contributed by atoms with Crippen molar-refractivity contribution < 1.29 is 23.9 Å². The topological polar surface area (TPSA) is 76.2 Å². The molecule has 0 aliphatic carbocycles. The average Bonchev–Trinajstić information content (AvgIpc) is 2.66. The largest absolute Gasteiger partial charge is 0.484 e. The molecule has 1 aromatic rings. The van der Waals surface area contributed by atoms with Crippen molar-refractivity contribution in [2.45, 2.75) is 19.8 Å². The Balaban J connectivity index is 1.74. The van der Waals surface area contributed by atoms with E-state index in [1.807, 2.05) is 18.2 Å². The zero-order chi connectivity index (χ0) is 18.9. The van der Waals surface area contributed by atoms with E-state index in [4.69, 9.17) is 9.47 Å².